The van der Waals surface area contributed by atoms with E-state index in [2.05, 4.69) is 36.0 Å². The van der Waals surface area contributed by atoms with Gasteiger partial charge in [-0.25, -0.2) is 9.78 Å². The fraction of sp³-hybridized carbons (Fsp3) is 0.105. The molecule has 2 N–H and O–H groups in total. The number of nitrogens with zero attached hydrogens (tertiary/aromatic N) is 1. The average Bonchev–Trinajstić information content (AvgIpc) is 3.40. The number of esters is 1. The molecule has 0 fully saturated rings. The van der Waals surface area contributed by atoms with E-state index in [4.69, 9.17) is 4.42 Å². The summed E-state index contributed by atoms with van der Waals surface area (Å²) >= 11 is 4.71. The van der Waals surface area contributed by atoms with Gasteiger partial charge in [-0.2, -0.15) is 0 Å². The number of thiazole rings is 1. The van der Waals surface area contributed by atoms with E-state index in [1.807, 2.05) is 25.1 Å². The first-order valence-electron chi connectivity index (χ1n) is 8.19. The van der Waals surface area contributed by atoms with E-state index in [0.717, 1.165) is 21.0 Å². The van der Waals surface area contributed by atoms with Crippen LogP contribution in [0.4, 0.5) is 5.13 Å². The summed E-state index contributed by atoms with van der Waals surface area (Å²) in [5.74, 6) is -0.573. The van der Waals surface area contributed by atoms with Crippen molar-refractivity contribution < 1.29 is 18.7 Å². The van der Waals surface area contributed by atoms with Crippen LogP contribution in [0.5, 0.6) is 0 Å². The first-order chi connectivity index (χ1) is 13.5. The quantitative estimate of drug-likeness (QED) is 0.418. The lowest BCUT2D eigenvalue weighted by atomic mass is 10.1. The molecule has 1 aromatic carbocycles. The molecule has 1 amide bonds. The maximum Gasteiger partial charge on any atom is 0.354 e. The number of carbonyl (C=O) groups is 2. The van der Waals surface area contributed by atoms with Crippen LogP contribution in [0.1, 0.15) is 26.6 Å². The van der Waals surface area contributed by atoms with Gasteiger partial charge in [0, 0.05) is 32.6 Å². The Kier molecular flexibility index (Phi) is 4.78. The predicted octanol–water partition coefficient (Wildman–Crippen LogP) is 4.99. The number of fused-ring (bicyclic) bond motifs is 1. The molecule has 0 atom stereocenters. The second kappa shape index (κ2) is 7.25. The average molecular weight is 460 g/mol. The zero-order valence-corrected chi connectivity index (χ0v) is 17.2. The third kappa shape index (κ3) is 3.34. The lowest BCUT2D eigenvalue weighted by molar-refractivity contribution is 0.0594. The number of halogens is 1. The second-order valence-electron chi connectivity index (χ2n) is 5.98. The number of amides is 1. The van der Waals surface area contributed by atoms with Gasteiger partial charge in [0.1, 0.15) is 11.3 Å². The number of benzene rings is 1. The zero-order valence-electron chi connectivity index (χ0n) is 14.8. The normalized spacial score (nSPS) is 11.0. The third-order valence-electron chi connectivity index (χ3n) is 4.21. The SMILES string of the molecule is COC(=O)c1cc(-c2csc(NC(=O)c3oc4ccc(Br)cc4c3C)n2)c[nH]1. The summed E-state index contributed by atoms with van der Waals surface area (Å²) in [7, 11) is 1.32. The molecule has 142 valence electrons. The number of furan rings is 1. The van der Waals surface area contributed by atoms with Crippen molar-refractivity contribution in [3.63, 3.8) is 0 Å². The van der Waals surface area contributed by atoms with Gasteiger partial charge < -0.3 is 14.1 Å². The second-order valence-corrected chi connectivity index (χ2v) is 7.76. The van der Waals surface area contributed by atoms with E-state index < -0.39 is 5.97 Å². The lowest BCUT2D eigenvalue weighted by Crippen LogP contribution is -2.11. The Balaban J connectivity index is 1.55. The smallest absolute Gasteiger partial charge is 0.354 e. The van der Waals surface area contributed by atoms with Crippen molar-refractivity contribution in [2.45, 2.75) is 6.92 Å². The van der Waals surface area contributed by atoms with Gasteiger partial charge in [0.05, 0.1) is 12.8 Å². The van der Waals surface area contributed by atoms with E-state index in [9.17, 15) is 9.59 Å². The van der Waals surface area contributed by atoms with Gasteiger partial charge in [0.15, 0.2) is 10.9 Å². The molecule has 0 radical (unpaired) electrons. The van der Waals surface area contributed by atoms with Gasteiger partial charge in [-0.3, -0.25) is 10.1 Å². The maximum absolute atomic E-state index is 12.7. The molecule has 0 aliphatic rings. The van der Waals surface area contributed by atoms with Gasteiger partial charge in [-0.15, -0.1) is 11.3 Å². The Morgan fingerprint density at radius 1 is 1.32 bits per heavy atom. The summed E-state index contributed by atoms with van der Waals surface area (Å²) in [5, 5.41) is 5.87. The Morgan fingerprint density at radius 2 is 2.14 bits per heavy atom. The summed E-state index contributed by atoms with van der Waals surface area (Å²) in [6.45, 7) is 1.84. The van der Waals surface area contributed by atoms with Crippen molar-refractivity contribution >= 4 is 55.2 Å². The van der Waals surface area contributed by atoms with Crippen LogP contribution < -0.4 is 5.32 Å². The van der Waals surface area contributed by atoms with Gasteiger partial charge in [-0.1, -0.05) is 15.9 Å². The van der Waals surface area contributed by atoms with Crippen molar-refractivity contribution in [2.24, 2.45) is 0 Å². The highest BCUT2D eigenvalue weighted by Crippen LogP contribution is 2.30. The van der Waals surface area contributed by atoms with Crippen LogP contribution in [0.2, 0.25) is 0 Å². The van der Waals surface area contributed by atoms with E-state index in [1.165, 1.54) is 18.4 Å². The number of nitrogens with one attached hydrogen (secondary N) is 2. The fourth-order valence-electron chi connectivity index (χ4n) is 2.80. The Morgan fingerprint density at radius 3 is 2.93 bits per heavy atom. The van der Waals surface area contributed by atoms with Crippen LogP contribution >= 0.6 is 27.3 Å². The van der Waals surface area contributed by atoms with Crippen molar-refractivity contribution in [1.29, 1.82) is 0 Å². The molecule has 9 heteroatoms. The van der Waals surface area contributed by atoms with Crippen LogP contribution in [-0.2, 0) is 4.74 Å². The van der Waals surface area contributed by atoms with Crippen molar-refractivity contribution in [3.05, 3.63) is 57.3 Å². The molecule has 0 unspecified atom stereocenters. The van der Waals surface area contributed by atoms with E-state index >= 15 is 0 Å². The minimum Gasteiger partial charge on any atom is -0.464 e. The third-order valence-corrected chi connectivity index (χ3v) is 5.46. The molecule has 0 bridgehead atoms. The molecule has 7 nitrogen and oxygen atoms in total. The van der Waals surface area contributed by atoms with E-state index in [1.54, 1.807) is 17.6 Å². The molecule has 0 spiro atoms. The number of ether oxygens (including phenoxy) is 1. The highest BCUT2D eigenvalue weighted by atomic mass is 79.9. The van der Waals surface area contributed by atoms with Gasteiger partial charge >= 0.3 is 5.97 Å². The van der Waals surface area contributed by atoms with E-state index in [0.29, 0.717) is 22.1 Å². The van der Waals surface area contributed by atoms with Crippen LogP contribution in [-0.4, -0.2) is 29.0 Å². The number of anilines is 1. The summed E-state index contributed by atoms with van der Waals surface area (Å²) in [6, 6.07) is 7.24. The Hall–Kier alpha value is -2.91. The molecule has 28 heavy (non-hydrogen) atoms. The summed E-state index contributed by atoms with van der Waals surface area (Å²) in [6.07, 6.45) is 1.66. The van der Waals surface area contributed by atoms with Crippen molar-refractivity contribution in [1.82, 2.24) is 9.97 Å². The highest BCUT2D eigenvalue weighted by Gasteiger charge is 2.19. The van der Waals surface area contributed by atoms with Crippen LogP contribution in [0.25, 0.3) is 22.2 Å². The first-order valence-corrected chi connectivity index (χ1v) is 9.86. The largest absolute Gasteiger partial charge is 0.464 e. The topological polar surface area (TPSA) is 97.2 Å². The molecule has 4 rings (SSSR count). The van der Waals surface area contributed by atoms with Crippen LogP contribution in [0.3, 0.4) is 0 Å². The minimum atomic E-state index is -0.456. The molecular formula is C19H14BrN3O4S. The maximum atomic E-state index is 12.7. The zero-order chi connectivity index (χ0) is 19.8. The fourth-order valence-corrected chi connectivity index (χ4v) is 3.87. The van der Waals surface area contributed by atoms with Gasteiger partial charge in [0.25, 0.3) is 5.91 Å². The summed E-state index contributed by atoms with van der Waals surface area (Å²) in [5.41, 5.74) is 3.10. The van der Waals surface area contributed by atoms with Gasteiger partial charge in [0.2, 0.25) is 0 Å². The number of methoxy groups -OCH3 is 1. The molecule has 0 saturated heterocycles. The van der Waals surface area contributed by atoms with Gasteiger partial charge in [-0.05, 0) is 31.2 Å². The Bertz CT molecular complexity index is 1210. The Labute approximate surface area is 171 Å². The number of hydrogen-bond acceptors (Lipinski definition) is 6. The number of hydrogen-bond donors (Lipinski definition) is 2. The van der Waals surface area contributed by atoms with E-state index in [-0.39, 0.29) is 11.7 Å². The molecule has 3 aromatic heterocycles. The molecule has 3 heterocycles. The van der Waals surface area contributed by atoms with Crippen LogP contribution in [0, 0.1) is 6.92 Å². The molecule has 4 aromatic rings. The van der Waals surface area contributed by atoms with Crippen molar-refractivity contribution in [2.75, 3.05) is 12.4 Å². The van der Waals surface area contributed by atoms with Crippen molar-refractivity contribution in [3.8, 4) is 11.3 Å². The van der Waals surface area contributed by atoms with Crippen LogP contribution in [0.15, 0.2) is 44.7 Å². The number of H-pyrrole nitrogens is 1. The molecule has 0 aliphatic carbocycles. The molecular weight excluding hydrogens is 446 g/mol. The lowest BCUT2D eigenvalue weighted by Gasteiger charge is -1.99. The predicted molar refractivity (Wildman–Crippen MR) is 110 cm³/mol. The summed E-state index contributed by atoms with van der Waals surface area (Å²) < 4.78 is 11.3. The number of aromatic nitrogens is 2. The number of rotatable bonds is 4. The number of aryl methyl sites for hydroxylation is 1. The molecule has 0 saturated carbocycles. The number of carbonyl (C=O) groups excluding carboxylic acids is 2. The summed E-state index contributed by atoms with van der Waals surface area (Å²) in [4.78, 5) is 31.5. The first kappa shape index (κ1) is 18.5. The monoisotopic (exact) mass is 459 g/mol. The minimum absolute atomic E-state index is 0.250. The standard InChI is InChI=1S/C19H14BrN3O4S/c1-9-12-6-11(20)3-4-15(12)27-16(9)17(24)23-19-22-14(8-28-19)10-5-13(21-7-10)18(25)26-2/h3-8,21H,1-2H3,(H,22,23,24). The highest BCUT2D eigenvalue weighted by molar-refractivity contribution is 9.10. The molecule has 0 aliphatic heterocycles. The number of aromatic amines is 1.